The highest BCUT2D eigenvalue weighted by atomic mass is 16.6. The first-order valence-corrected chi connectivity index (χ1v) is 24.0. The first-order valence-electron chi connectivity index (χ1n) is 24.0. The molecule has 0 aromatic rings. The Balaban J connectivity index is 4.31. The molecule has 0 heterocycles. The molecule has 6 nitrogen and oxygen atoms in total. The van der Waals surface area contributed by atoms with Crippen molar-refractivity contribution in [1.29, 1.82) is 0 Å². The van der Waals surface area contributed by atoms with Crippen molar-refractivity contribution in [2.24, 2.45) is 0 Å². The topological polar surface area (TPSA) is 78.9 Å². The van der Waals surface area contributed by atoms with Crippen molar-refractivity contribution < 1.29 is 28.6 Å². The predicted octanol–water partition coefficient (Wildman–Crippen LogP) is 15.3. The minimum atomic E-state index is -0.758. The van der Waals surface area contributed by atoms with Gasteiger partial charge in [-0.05, 0) is 19.3 Å². The Labute approximate surface area is 336 Å². The standard InChI is InChI=1S/C48H92O6/c1-4-7-10-13-16-19-22-24-27-29-32-35-38-41-47(50)53-44-45(43-52-46(49)40-37-34-31-28-25-21-18-15-12-9-6-3)54-48(51)42-39-36-33-30-26-23-20-17-14-11-8-5-2/h45H,4-44H2,1-3H3. The third-order valence-electron chi connectivity index (χ3n) is 10.9. The second-order valence-corrected chi connectivity index (χ2v) is 16.4. The third kappa shape index (κ3) is 41.6. The molecule has 0 aromatic carbocycles. The molecule has 0 radical (unpaired) electrons. The monoisotopic (exact) mass is 765 g/mol. The molecular weight excluding hydrogens is 673 g/mol. The molecule has 0 saturated heterocycles. The van der Waals surface area contributed by atoms with E-state index < -0.39 is 6.10 Å². The number of hydrogen-bond acceptors (Lipinski definition) is 6. The van der Waals surface area contributed by atoms with E-state index in [9.17, 15) is 14.4 Å². The maximum absolute atomic E-state index is 12.7. The van der Waals surface area contributed by atoms with E-state index in [-0.39, 0.29) is 31.1 Å². The molecule has 0 aromatic heterocycles. The molecule has 0 saturated carbocycles. The van der Waals surface area contributed by atoms with Crippen molar-refractivity contribution in [1.82, 2.24) is 0 Å². The zero-order chi connectivity index (χ0) is 39.4. The first-order chi connectivity index (χ1) is 26.5. The largest absolute Gasteiger partial charge is 0.462 e. The van der Waals surface area contributed by atoms with Gasteiger partial charge in [-0.1, -0.05) is 233 Å². The van der Waals surface area contributed by atoms with Gasteiger partial charge in [0.15, 0.2) is 6.10 Å². The van der Waals surface area contributed by atoms with Crippen molar-refractivity contribution in [2.75, 3.05) is 13.2 Å². The van der Waals surface area contributed by atoms with Crippen LogP contribution in [-0.4, -0.2) is 37.2 Å². The molecule has 54 heavy (non-hydrogen) atoms. The zero-order valence-corrected chi connectivity index (χ0v) is 36.5. The highest BCUT2D eigenvalue weighted by molar-refractivity contribution is 5.71. The van der Waals surface area contributed by atoms with Gasteiger partial charge < -0.3 is 14.2 Å². The summed E-state index contributed by atoms with van der Waals surface area (Å²) in [5, 5.41) is 0. The maximum atomic E-state index is 12.7. The minimum Gasteiger partial charge on any atom is -0.462 e. The van der Waals surface area contributed by atoms with Crippen LogP contribution in [0.5, 0.6) is 0 Å². The average Bonchev–Trinajstić information content (AvgIpc) is 3.17. The van der Waals surface area contributed by atoms with Crippen LogP contribution in [0.25, 0.3) is 0 Å². The molecule has 0 amide bonds. The highest BCUT2D eigenvalue weighted by Gasteiger charge is 2.19. The van der Waals surface area contributed by atoms with Crippen molar-refractivity contribution in [3.8, 4) is 0 Å². The van der Waals surface area contributed by atoms with Crippen molar-refractivity contribution in [3.05, 3.63) is 0 Å². The third-order valence-corrected chi connectivity index (χ3v) is 10.9. The van der Waals surface area contributed by atoms with Gasteiger partial charge in [0.1, 0.15) is 13.2 Å². The van der Waals surface area contributed by atoms with E-state index in [1.165, 1.54) is 173 Å². The van der Waals surface area contributed by atoms with Crippen LogP contribution >= 0.6 is 0 Å². The van der Waals surface area contributed by atoms with Crippen LogP contribution in [-0.2, 0) is 28.6 Å². The molecule has 0 fully saturated rings. The summed E-state index contributed by atoms with van der Waals surface area (Å²) in [7, 11) is 0. The van der Waals surface area contributed by atoms with Crippen molar-refractivity contribution in [3.63, 3.8) is 0 Å². The van der Waals surface area contributed by atoms with Crippen LogP contribution in [0.15, 0.2) is 0 Å². The van der Waals surface area contributed by atoms with Crippen LogP contribution in [0.1, 0.15) is 271 Å². The molecule has 320 valence electrons. The fraction of sp³-hybridized carbons (Fsp3) is 0.938. The summed E-state index contributed by atoms with van der Waals surface area (Å²) in [6.07, 6.45) is 45.0. The average molecular weight is 765 g/mol. The Morgan fingerprint density at radius 2 is 0.500 bits per heavy atom. The zero-order valence-electron chi connectivity index (χ0n) is 36.5. The lowest BCUT2D eigenvalue weighted by atomic mass is 10.0. The lowest BCUT2D eigenvalue weighted by Crippen LogP contribution is -2.30. The molecule has 0 spiro atoms. The van der Waals surface area contributed by atoms with Crippen LogP contribution in [0.3, 0.4) is 0 Å². The van der Waals surface area contributed by atoms with E-state index in [4.69, 9.17) is 14.2 Å². The number of ether oxygens (including phenoxy) is 3. The van der Waals surface area contributed by atoms with Gasteiger partial charge in [-0.2, -0.15) is 0 Å². The van der Waals surface area contributed by atoms with Gasteiger partial charge in [0.25, 0.3) is 0 Å². The number of esters is 3. The van der Waals surface area contributed by atoms with E-state index in [2.05, 4.69) is 20.8 Å². The lowest BCUT2D eigenvalue weighted by molar-refractivity contribution is -0.167. The minimum absolute atomic E-state index is 0.0623. The fourth-order valence-electron chi connectivity index (χ4n) is 7.21. The summed E-state index contributed by atoms with van der Waals surface area (Å²) in [5.74, 6) is -0.848. The van der Waals surface area contributed by atoms with Gasteiger partial charge in [0, 0.05) is 19.3 Å². The summed E-state index contributed by atoms with van der Waals surface area (Å²) >= 11 is 0. The molecule has 0 bridgehead atoms. The molecule has 1 unspecified atom stereocenters. The number of carbonyl (C=O) groups is 3. The predicted molar refractivity (Wildman–Crippen MR) is 229 cm³/mol. The lowest BCUT2D eigenvalue weighted by Gasteiger charge is -2.18. The number of carbonyl (C=O) groups excluding carboxylic acids is 3. The summed E-state index contributed by atoms with van der Waals surface area (Å²) in [6.45, 7) is 6.65. The number of hydrogen-bond donors (Lipinski definition) is 0. The van der Waals surface area contributed by atoms with Gasteiger partial charge in [-0.3, -0.25) is 14.4 Å². The van der Waals surface area contributed by atoms with Gasteiger partial charge in [0.2, 0.25) is 0 Å². The van der Waals surface area contributed by atoms with E-state index in [0.29, 0.717) is 19.3 Å². The van der Waals surface area contributed by atoms with Gasteiger partial charge in [0.05, 0.1) is 0 Å². The Kier molecular flexibility index (Phi) is 42.8. The van der Waals surface area contributed by atoms with Crippen LogP contribution in [0, 0.1) is 0 Å². The van der Waals surface area contributed by atoms with E-state index in [1.54, 1.807) is 0 Å². The van der Waals surface area contributed by atoms with Gasteiger partial charge >= 0.3 is 17.9 Å². The second-order valence-electron chi connectivity index (χ2n) is 16.4. The Morgan fingerprint density at radius 1 is 0.296 bits per heavy atom. The molecule has 0 aliphatic rings. The fourth-order valence-corrected chi connectivity index (χ4v) is 7.21. The molecule has 1 atom stereocenters. The van der Waals surface area contributed by atoms with Crippen LogP contribution in [0.2, 0.25) is 0 Å². The summed E-state index contributed by atoms with van der Waals surface area (Å²) in [6, 6.07) is 0. The molecule has 6 heteroatoms. The number of rotatable bonds is 44. The van der Waals surface area contributed by atoms with Crippen molar-refractivity contribution >= 4 is 17.9 Å². The van der Waals surface area contributed by atoms with Crippen molar-refractivity contribution in [2.45, 2.75) is 277 Å². The Bertz CT molecular complexity index is 798. The smallest absolute Gasteiger partial charge is 0.306 e. The molecule has 0 rings (SSSR count). The molecular formula is C48H92O6. The Hall–Kier alpha value is -1.59. The number of unbranched alkanes of at least 4 members (excludes halogenated alkanes) is 33. The van der Waals surface area contributed by atoms with Gasteiger partial charge in [-0.25, -0.2) is 0 Å². The maximum Gasteiger partial charge on any atom is 0.306 e. The van der Waals surface area contributed by atoms with E-state index in [0.717, 1.165) is 57.8 Å². The molecule has 0 aliphatic heterocycles. The van der Waals surface area contributed by atoms with Crippen LogP contribution in [0.4, 0.5) is 0 Å². The summed E-state index contributed by atoms with van der Waals surface area (Å²) in [5.41, 5.74) is 0. The van der Waals surface area contributed by atoms with Gasteiger partial charge in [-0.15, -0.1) is 0 Å². The Morgan fingerprint density at radius 3 is 0.741 bits per heavy atom. The van der Waals surface area contributed by atoms with E-state index in [1.807, 2.05) is 0 Å². The summed E-state index contributed by atoms with van der Waals surface area (Å²) < 4.78 is 16.7. The quantitative estimate of drug-likeness (QED) is 0.0349. The van der Waals surface area contributed by atoms with E-state index >= 15 is 0 Å². The molecule has 0 N–H and O–H groups in total. The SMILES string of the molecule is CCCCCCCCCCCCCCCC(=O)OCC(COC(=O)CCCCCCCCCCCCC)OC(=O)CCCCCCCCCCCCCC. The highest BCUT2D eigenvalue weighted by Crippen LogP contribution is 2.16. The molecule has 0 aliphatic carbocycles. The second kappa shape index (κ2) is 44.1. The summed E-state index contributed by atoms with van der Waals surface area (Å²) in [4.78, 5) is 37.8. The van der Waals surface area contributed by atoms with Crippen LogP contribution < -0.4 is 0 Å². The normalized spacial score (nSPS) is 11.8. The first kappa shape index (κ1) is 52.4.